The maximum Gasteiger partial charge on any atom is 0.326 e. The van der Waals surface area contributed by atoms with Crippen molar-refractivity contribution >= 4 is 12.0 Å². The number of piperidine rings is 1. The summed E-state index contributed by atoms with van der Waals surface area (Å²) >= 11 is 0. The van der Waals surface area contributed by atoms with Crippen molar-refractivity contribution in [1.82, 2.24) is 15.1 Å². The molecule has 7 heteroatoms. The van der Waals surface area contributed by atoms with Crippen LogP contribution in [-0.2, 0) is 4.79 Å². The van der Waals surface area contributed by atoms with Crippen LogP contribution in [-0.4, -0.2) is 75.9 Å². The Morgan fingerprint density at radius 3 is 2.71 bits per heavy atom. The lowest BCUT2D eigenvalue weighted by Crippen LogP contribution is -2.53. The summed E-state index contributed by atoms with van der Waals surface area (Å²) in [5, 5.41) is 21.8. The van der Waals surface area contributed by atoms with E-state index < -0.39 is 18.1 Å². The molecule has 3 fully saturated rings. The fraction of sp³-hybridized carbons (Fsp3) is 0.857. The van der Waals surface area contributed by atoms with Crippen LogP contribution in [0.5, 0.6) is 0 Å². The van der Waals surface area contributed by atoms with Crippen molar-refractivity contribution in [3.05, 3.63) is 0 Å². The number of amides is 2. The number of nitrogens with zero attached hydrogens (tertiary/aromatic N) is 2. The van der Waals surface area contributed by atoms with E-state index in [0.29, 0.717) is 6.04 Å². The number of urea groups is 1. The van der Waals surface area contributed by atoms with Crippen LogP contribution in [0.25, 0.3) is 0 Å². The monoisotopic (exact) mass is 297 g/mol. The molecule has 0 aliphatic carbocycles. The number of nitrogens with one attached hydrogen (secondary N) is 1. The standard InChI is InChI=1S/C14H23N3O4/c18-9-7-12(13(19)20)17(8-9)14(21)15-10-4-6-16-5-2-1-3-11(10)16/h9-12,18H,1-8H2,(H,15,21)(H,19,20)/t9-,10?,11?,12-/m1/s1. The normalized spacial score (nSPS) is 36.5. The second kappa shape index (κ2) is 5.81. The molecule has 3 N–H and O–H groups in total. The molecular weight excluding hydrogens is 274 g/mol. The third-order valence-corrected chi connectivity index (χ3v) is 4.99. The van der Waals surface area contributed by atoms with Crippen LogP contribution in [0.1, 0.15) is 32.1 Å². The number of aliphatic carboxylic acids is 1. The van der Waals surface area contributed by atoms with Crippen LogP contribution >= 0.6 is 0 Å². The van der Waals surface area contributed by atoms with E-state index in [9.17, 15) is 14.7 Å². The maximum absolute atomic E-state index is 12.4. The zero-order valence-electron chi connectivity index (χ0n) is 12.1. The van der Waals surface area contributed by atoms with Gasteiger partial charge in [0.15, 0.2) is 0 Å². The van der Waals surface area contributed by atoms with Crippen LogP contribution < -0.4 is 5.32 Å². The molecule has 0 aromatic rings. The molecule has 0 saturated carbocycles. The van der Waals surface area contributed by atoms with Gasteiger partial charge in [0.1, 0.15) is 6.04 Å². The average molecular weight is 297 g/mol. The van der Waals surface area contributed by atoms with Crippen LogP contribution in [0.15, 0.2) is 0 Å². The molecule has 3 rings (SSSR count). The van der Waals surface area contributed by atoms with Crippen LogP contribution in [0.4, 0.5) is 4.79 Å². The molecular formula is C14H23N3O4. The van der Waals surface area contributed by atoms with Gasteiger partial charge >= 0.3 is 12.0 Å². The minimum absolute atomic E-state index is 0.101. The fourth-order valence-corrected chi connectivity index (χ4v) is 3.93. The summed E-state index contributed by atoms with van der Waals surface area (Å²) in [6, 6.07) is -0.774. The number of hydrogen-bond donors (Lipinski definition) is 3. The zero-order chi connectivity index (χ0) is 15.0. The Morgan fingerprint density at radius 2 is 1.95 bits per heavy atom. The van der Waals surface area contributed by atoms with E-state index in [1.165, 1.54) is 17.7 Å². The SMILES string of the molecule is O=C(O)[C@H]1C[C@@H](O)CN1C(=O)NC1CCN2CCCCC12. The van der Waals surface area contributed by atoms with Gasteiger partial charge < -0.3 is 20.4 Å². The first kappa shape index (κ1) is 14.6. The van der Waals surface area contributed by atoms with E-state index in [1.54, 1.807) is 0 Å². The number of fused-ring (bicyclic) bond motifs is 1. The Kier molecular flexibility index (Phi) is 4.03. The van der Waals surface area contributed by atoms with E-state index >= 15 is 0 Å². The Hall–Kier alpha value is -1.34. The molecule has 3 saturated heterocycles. The highest BCUT2D eigenvalue weighted by molar-refractivity contribution is 5.83. The lowest BCUT2D eigenvalue weighted by atomic mass is 9.99. The molecule has 2 unspecified atom stereocenters. The third kappa shape index (κ3) is 2.85. The molecule has 0 aromatic carbocycles. The van der Waals surface area contributed by atoms with Crippen molar-refractivity contribution < 1.29 is 19.8 Å². The van der Waals surface area contributed by atoms with Crippen LogP contribution in [0.3, 0.4) is 0 Å². The van der Waals surface area contributed by atoms with Gasteiger partial charge in [0.05, 0.1) is 6.10 Å². The maximum atomic E-state index is 12.4. The van der Waals surface area contributed by atoms with Crippen LogP contribution in [0, 0.1) is 0 Å². The van der Waals surface area contributed by atoms with Gasteiger partial charge in [0.2, 0.25) is 0 Å². The molecule has 3 aliphatic rings. The number of carboxylic acids is 1. The highest BCUT2D eigenvalue weighted by Gasteiger charge is 2.42. The lowest BCUT2D eigenvalue weighted by molar-refractivity contribution is -0.141. The van der Waals surface area contributed by atoms with E-state index in [0.717, 1.165) is 25.9 Å². The predicted octanol–water partition coefficient (Wildman–Crippen LogP) is -0.157. The van der Waals surface area contributed by atoms with Crippen molar-refractivity contribution in [2.45, 2.75) is 56.3 Å². The quantitative estimate of drug-likeness (QED) is 0.659. The van der Waals surface area contributed by atoms with Gasteiger partial charge in [-0.15, -0.1) is 0 Å². The first-order valence-electron chi connectivity index (χ1n) is 7.78. The summed E-state index contributed by atoms with van der Waals surface area (Å²) in [7, 11) is 0. The molecule has 0 aromatic heterocycles. The van der Waals surface area contributed by atoms with E-state index in [2.05, 4.69) is 10.2 Å². The number of carbonyl (C=O) groups excluding carboxylic acids is 1. The number of likely N-dealkylation sites (tertiary alicyclic amines) is 1. The van der Waals surface area contributed by atoms with Gasteiger partial charge in [0, 0.05) is 31.6 Å². The summed E-state index contributed by atoms with van der Waals surface area (Å²) in [6.07, 6.45) is 3.79. The molecule has 21 heavy (non-hydrogen) atoms. The highest BCUT2D eigenvalue weighted by Crippen LogP contribution is 2.27. The lowest BCUT2D eigenvalue weighted by Gasteiger charge is -2.33. The second-order valence-electron chi connectivity index (χ2n) is 6.34. The minimum atomic E-state index is -1.05. The number of hydrogen-bond acceptors (Lipinski definition) is 4. The highest BCUT2D eigenvalue weighted by atomic mass is 16.4. The van der Waals surface area contributed by atoms with Gasteiger partial charge in [-0.25, -0.2) is 9.59 Å². The summed E-state index contributed by atoms with van der Waals surface area (Å²) in [5.74, 6) is -1.05. The fourth-order valence-electron chi connectivity index (χ4n) is 3.93. The van der Waals surface area contributed by atoms with E-state index in [-0.39, 0.29) is 25.0 Å². The van der Waals surface area contributed by atoms with E-state index in [1.807, 2.05) is 0 Å². The summed E-state index contributed by atoms with van der Waals surface area (Å²) in [6.45, 7) is 2.20. The molecule has 0 spiro atoms. The Bertz CT molecular complexity index is 430. The topological polar surface area (TPSA) is 93.1 Å². The van der Waals surface area contributed by atoms with Gasteiger partial charge in [-0.05, 0) is 25.8 Å². The Morgan fingerprint density at radius 1 is 1.14 bits per heavy atom. The van der Waals surface area contributed by atoms with Crippen molar-refractivity contribution in [3.63, 3.8) is 0 Å². The number of carbonyl (C=O) groups is 2. The van der Waals surface area contributed by atoms with Gasteiger partial charge in [-0.2, -0.15) is 0 Å². The third-order valence-electron chi connectivity index (χ3n) is 4.99. The number of aliphatic hydroxyl groups excluding tert-OH is 1. The van der Waals surface area contributed by atoms with Crippen molar-refractivity contribution in [1.29, 1.82) is 0 Å². The van der Waals surface area contributed by atoms with Gasteiger partial charge in [-0.3, -0.25) is 4.90 Å². The molecule has 0 bridgehead atoms. The molecule has 7 nitrogen and oxygen atoms in total. The number of β-amino-alcohol motifs (C(OH)–C–C–N with tert-alkyl or cyclic N) is 1. The van der Waals surface area contributed by atoms with Crippen LogP contribution in [0.2, 0.25) is 0 Å². The smallest absolute Gasteiger partial charge is 0.326 e. The molecule has 118 valence electrons. The molecule has 3 aliphatic heterocycles. The summed E-state index contributed by atoms with van der Waals surface area (Å²) in [4.78, 5) is 27.2. The largest absolute Gasteiger partial charge is 0.480 e. The van der Waals surface area contributed by atoms with E-state index in [4.69, 9.17) is 5.11 Å². The second-order valence-corrected chi connectivity index (χ2v) is 6.34. The van der Waals surface area contributed by atoms with Crippen molar-refractivity contribution in [3.8, 4) is 0 Å². The number of rotatable bonds is 2. The first-order chi connectivity index (χ1) is 10.1. The predicted molar refractivity (Wildman–Crippen MR) is 74.9 cm³/mol. The van der Waals surface area contributed by atoms with Crippen molar-refractivity contribution in [2.75, 3.05) is 19.6 Å². The molecule has 2 amide bonds. The molecule has 0 radical (unpaired) electrons. The summed E-state index contributed by atoms with van der Waals surface area (Å²) in [5.41, 5.74) is 0. The molecule has 4 atom stereocenters. The minimum Gasteiger partial charge on any atom is -0.480 e. The first-order valence-corrected chi connectivity index (χ1v) is 7.78. The zero-order valence-corrected chi connectivity index (χ0v) is 12.1. The number of carboxylic acid groups (broad SMARTS) is 1. The van der Waals surface area contributed by atoms with Gasteiger partial charge in [0.25, 0.3) is 0 Å². The Balaban J connectivity index is 1.62. The Labute approximate surface area is 123 Å². The molecule has 3 heterocycles. The average Bonchev–Trinajstić information content (AvgIpc) is 3.03. The number of aliphatic hydroxyl groups is 1. The summed E-state index contributed by atoms with van der Waals surface area (Å²) < 4.78 is 0. The van der Waals surface area contributed by atoms with Crippen molar-refractivity contribution in [2.24, 2.45) is 0 Å². The van der Waals surface area contributed by atoms with Gasteiger partial charge in [-0.1, -0.05) is 6.42 Å².